The Kier molecular flexibility index (Phi) is 5.04. The summed E-state index contributed by atoms with van der Waals surface area (Å²) >= 11 is 0. The van der Waals surface area contributed by atoms with Gasteiger partial charge in [0, 0.05) is 21.8 Å². The molecule has 7 heteroatoms. The van der Waals surface area contributed by atoms with Gasteiger partial charge in [-0.05, 0) is 54.7 Å². The van der Waals surface area contributed by atoms with Crippen molar-refractivity contribution in [3.63, 3.8) is 0 Å². The zero-order chi connectivity index (χ0) is 24.2. The Morgan fingerprint density at radius 1 is 1.00 bits per heavy atom. The molecule has 2 heterocycles. The molecule has 2 atom stereocenters. The molecule has 3 aromatic carbocycles. The number of methoxy groups -OCH3 is 1. The highest BCUT2D eigenvalue weighted by atomic mass is 16.5. The number of rotatable bonds is 5. The number of urea groups is 1. The van der Waals surface area contributed by atoms with Crippen LogP contribution in [0.1, 0.15) is 24.0 Å². The summed E-state index contributed by atoms with van der Waals surface area (Å²) < 4.78 is 7.41. The number of fused-ring (bicyclic) bond motifs is 5. The van der Waals surface area contributed by atoms with Crippen LogP contribution in [0.25, 0.3) is 21.8 Å². The number of aliphatic hydroxyl groups excluding tert-OH is 1. The van der Waals surface area contributed by atoms with Crippen LogP contribution in [0.4, 0.5) is 4.79 Å². The van der Waals surface area contributed by atoms with E-state index in [-0.39, 0.29) is 19.0 Å². The van der Waals surface area contributed by atoms with Crippen molar-refractivity contribution in [2.24, 2.45) is 0 Å². The third-order valence-electron chi connectivity index (χ3n) is 7.41. The Morgan fingerprint density at radius 3 is 2.37 bits per heavy atom. The summed E-state index contributed by atoms with van der Waals surface area (Å²) in [6.07, 6.45) is 1.23. The minimum absolute atomic E-state index is 0.0707. The second-order valence-electron chi connectivity index (χ2n) is 9.43. The molecule has 3 amide bonds. The molecule has 1 saturated heterocycles. The lowest BCUT2D eigenvalue weighted by Crippen LogP contribution is -2.47. The van der Waals surface area contributed by atoms with Crippen LogP contribution in [-0.4, -0.2) is 46.3 Å². The summed E-state index contributed by atoms with van der Waals surface area (Å²) in [6.45, 7) is 0.199. The number of amides is 3. The van der Waals surface area contributed by atoms with Crippen LogP contribution in [0.3, 0.4) is 0 Å². The first kappa shape index (κ1) is 21.7. The maximum Gasteiger partial charge on any atom is 0.325 e. The van der Waals surface area contributed by atoms with Gasteiger partial charge in [0.2, 0.25) is 0 Å². The number of ether oxygens (including phenoxy) is 1. The number of benzene rings is 3. The fraction of sp³-hybridized carbons (Fsp3) is 0.286. The highest BCUT2D eigenvalue weighted by Crippen LogP contribution is 2.41. The van der Waals surface area contributed by atoms with Gasteiger partial charge in [-0.3, -0.25) is 9.69 Å². The van der Waals surface area contributed by atoms with Crippen LogP contribution in [-0.2, 0) is 23.3 Å². The molecule has 1 aromatic heterocycles. The minimum atomic E-state index is -1.08. The van der Waals surface area contributed by atoms with E-state index in [2.05, 4.69) is 22.0 Å². The molecule has 2 aliphatic rings. The number of hydrogen-bond acceptors (Lipinski definition) is 4. The number of aryl methyl sites for hydroxylation is 1. The van der Waals surface area contributed by atoms with Crippen molar-refractivity contribution >= 4 is 33.7 Å². The molecule has 0 unspecified atom stereocenters. The number of hydrogen-bond donors (Lipinski definition) is 2. The first-order valence-corrected chi connectivity index (χ1v) is 12.0. The third kappa shape index (κ3) is 3.30. The molecule has 1 aliphatic carbocycles. The van der Waals surface area contributed by atoms with Crippen LogP contribution in [0, 0.1) is 0 Å². The summed E-state index contributed by atoms with van der Waals surface area (Å²) in [6, 6.07) is 21.3. The Morgan fingerprint density at radius 2 is 1.69 bits per heavy atom. The summed E-state index contributed by atoms with van der Waals surface area (Å²) in [5.74, 6) is 0.436. The number of para-hydroxylation sites is 2. The first-order chi connectivity index (χ1) is 17.0. The number of imide groups is 1. The van der Waals surface area contributed by atoms with Crippen molar-refractivity contribution < 1.29 is 19.4 Å². The number of nitrogens with zero attached hydrogens (tertiary/aromatic N) is 2. The van der Waals surface area contributed by atoms with Crippen molar-refractivity contribution in [2.75, 3.05) is 13.7 Å². The van der Waals surface area contributed by atoms with Gasteiger partial charge in [-0.25, -0.2) is 4.79 Å². The van der Waals surface area contributed by atoms with Crippen LogP contribution < -0.4 is 10.1 Å². The summed E-state index contributed by atoms with van der Waals surface area (Å²) in [5.41, 5.74) is 2.77. The van der Waals surface area contributed by atoms with Gasteiger partial charge in [0.25, 0.3) is 5.91 Å². The van der Waals surface area contributed by atoms with Gasteiger partial charge >= 0.3 is 6.03 Å². The summed E-state index contributed by atoms with van der Waals surface area (Å²) in [4.78, 5) is 27.8. The SMILES string of the molecule is COc1ccc2c(c1)CCC[C@]21NC(=O)N(C[C@H](O)Cn2c3ccccc3c3ccccc32)C1=O. The second kappa shape index (κ2) is 8.13. The Bertz CT molecular complexity index is 1420. The predicted octanol–water partition coefficient (Wildman–Crippen LogP) is 3.95. The highest BCUT2D eigenvalue weighted by molar-refractivity contribution is 6.08. The van der Waals surface area contributed by atoms with Crippen molar-refractivity contribution in [3.8, 4) is 5.75 Å². The second-order valence-corrected chi connectivity index (χ2v) is 9.43. The van der Waals surface area contributed by atoms with Gasteiger partial charge in [-0.15, -0.1) is 0 Å². The van der Waals surface area contributed by atoms with E-state index in [1.54, 1.807) is 7.11 Å². The molecule has 1 spiro atoms. The van der Waals surface area contributed by atoms with Gasteiger partial charge in [0.05, 0.1) is 26.3 Å². The average Bonchev–Trinajstić information content (AvgIpc) is 3.31. The van der Waals surface area contributed by atoms with Gasteiger partial charge in [-0.2, -0.15) is 0 Å². The number of aromatic nitrogens is 1. The van der Waals surface area contributed by atoms with E-state index in [1.165, 1.54) is 4.90 Å². The van der Waals surface area contributed by atoms with Crippen molar-refractivity contribution in [3.05, 3.63) is 77.9 Å². The number of β-amino-alcohol motifs (C(OH)–C–C–N with tert-alkyl or cyclic N) is 1. The smallest absolute Gasteiger partial charge is 0.325 e. The molecule has 7 nitrogen and oxygen atoms in total. The molecule has 0 radical (unpaired) electrons. The van der Waals surface area contributed by atoms with E-state index >= 15 is 0 Å². The molecule has 2 N–H and O–H groups in total. The first-order valence-electron chi connectivity index (χ1n) is 12.0. The topological polar surface area (TPSA) is 83.8 Å². The Hall–Kier alpha value is -3.84. The van der Waals surface area contributed by atoms with E-state index in [0.29, 0.717) is 6.42 Å². The molecule has 0 bridgehead atoms. The van der Waals surface area contributed by atoms with Crippen LogP contribution in [0.5, 0.6) is 5.75 Å². The van der Waals surface area contributed by atoms with Crippen LogP contribution >= 0.6 is 0 Å². The van der Waals surface area contributed by atoms with E-state index in [1.807, 2.05) is 54.6 Å². The zero-order valence-electron chi connectivity index (χ0n) is 19.5. The van der Waals surface area contributed by atoms with Crippen LogP contribution in [0.2, 0.25) is 0 Å². The van der Waals surface area contributed by atoms with E-state index in [4.69, 9.17) is 4.74 Å². The number of carbonyl (C=O) groups is 2. The van der Waals surface area contributed by atoms with Crippen molar-refractivity contribution in [1.82, 2.24) is 14.8 Å². The molecular formula is C28H27N3O4. The van der Waals surface area contributed by atoms with Gasteiger partial charge in [0.15, 0.2) is 0 Å². The molecule has 4 aromatic rings. The molecular weight excluding hydrogens is 442 g/mol. The van der Waals surface area contributed by atoms with Crippen LogP contribution in [0.15, 0.2) is 66.7 Å². The molecule has 35 heavy (non-hydrogen) atoms. The number of nitrogens with one attached hydrogen (secondary N) is 1. The number of carbonyl (C=O) groups excluding carboxylic acids is 2. The summed E-state index contributed by atoms with van der Waals surface area (Å²) in [5, 5.41) is 16.3. The zero-order valence-corrected chi connectivity index (χ0v) is 19.5. The number of aliphatic hydroxyl groups is 1. The standard InChI is InChI=1S/C28H27N3O4/c1-35-20-12-13-23-18(15-20)7-6-14-28(23)26(33)31(27(34)29-28)17-19(32)16-30-24-10-4-2-8-21(24)22-9-3-5-11-25(22)30/h2-5,8-13,15,19,32H,6-7,14,16-17H2,1H3,(H,29,34)/t19-,28+/m1/s1. The fourth-order valence-electron chi connectivity index (χ4n) is 5.82. The van der Waals surface area contributed by atoms with Crippen molar-refractivity contribution in [1.29, 1.82) is 0 Å². The molecule has 1 fully saturated rings. The summed E-state index contributed by atoms with van der Waals surface area (Å²) in [7, 11) is 1.61. The normalized spacial score (nSPS) is 20.5. The van der Waals surface area contributed by atoms with E-state index < -0.39 is 17.7 Å². The lowest BCUT2D eigenvalue weighted by molar-refractivity contribution is -0.133. The highest BCUT2D eigenvalue weighted by Gasteiger charge is 2.54. The minimum Gasteiger partial charge on any atom is -0.497 e. The average molecular weight is 470 g/mol. The predicted molar refractivity (Wildman–Crippen MR) is 133 cm³/mol. The lowest BCUT2D eigenvalue weighted by atomic mass is 9.76. The largest absolute Gasteiger partial charge is 0.497 e. The van der Waals surface area contributed by atoms with Gasteiger partial charge in [0.1, 0.15) is 11.3 Å². The molecule has 178 valence electrons. The molecule has 0 saturated carbocycles. The van der Waals surface area contributed by atoms with E-state index in [9.17, 15) is 14.7 Å². The molecule has 6 rings (SSSR count). The van der Waals surface area contributed by atoms with E-state index in [0.717, 1.165) is 51.5 Å². The monoisotopic (exact) mass is 469 g/mol. The maximum atomic E-state index is 13.7. The van der Waals surface area contributed by atoms with Gasteiger partial charge in [-0.1, -0.05) is 42.5 Å². The quantitative estimate of drug-likeness (QED) is 0.434. The third-order valence-corrected chi connectivity index (χ3v) is 7.41. The van der Waals surface area contributed by atoms with Crippen molar-refractivity contribution in [2.45, 2.75) is 37.5 Å². The van der Waals surface area contributed by atoms with Gasteiger partial charge < -0.3 is 19.7 Å². The molecule has 1 aliphatic heterocycles. The Balaban J connectivity index is 1.29. The fourth-order valence-corrected chi connectivity index (χ4v) is 5.82. The maximum absolute atomic E-state index is 13.7. The lowest BCUT2D eigenvalue weighted by Gasteiger charge is -2.33. The Labute approximate surface area is 202 Å².